The highest BCUT2D eigenvalue weighted by atomic mass is 19.1. The predicted molar refractivity (Wildman–Crippen MR) is 164 cm³/mol. The molecule has 5 rings (SSSR count). The van der Waals surface area contributed by atoms with Crippen LogP contribution in [0, 0.1) is 11.7 Å². The number of piperidine rings is 1. The highest BCUT2D eigenvalue weighted by molar-refractivity contribution is 5.94. The van der Waals surface area contributed by atoms with Crippen molar-refractivity contribution in [2.24, 2.45) is 5.92 Å². The second-order valence-corrected chi connectivity index (χ2v) is 11.9. The van der Waals surface area contributed by atoms with Crippen LogP contribution < -0.4 is 0 Å². The van der Waals surface area contributed by atoms with Gasteiger partial charge in [-0.05, 0) is 75.1 Å². The van der Waals surface area contributed by atoms with E-state index >= 15 is 0 Å². The number of aromatic hydroxyl groups is 1. The first-order valence-electron chi connectivity index (χ1n) is 15.3. The van der Waals surface area contributed by atoms with E-state index < -0.39 is 0 Å². The van der Waals surface area contributed by atoms with Crippen molar-refractivity contribution in [3.05, 3.63) is 101 Å². The molecule has 0 bridgehead atoms. The Morgan fingerprint density at radius 3 is 2.33 bits per heavy atom. The number of benzene rings is 3. The van der Waals surface area contributed by atoms with Crippen molar-refractivity contribution in [2.45, 2.75) is 58.3 Å². The lowest BCUT2D eigenvalue weighted by atomic mass is 9.91. The molecule has 0 unspecified atom stereocenters. The molecule has 1 amide bonds. The Morgan fingerprint density at radius 1 is 0.930 bits per heavy atom. The van der Waals surface area contributed by atoms with Crippen LogP contribution in [0.2, 0.25) is 0 Å². The van der Waals surface area contributed by atoms with Gasteiger partial charge < -0.3 is 14.7 Å². The van der Waals surface area contributed by atoms with Crippen molar-refractivity contribution in [2.75, 3.05) is 32.8 Å². The minimum absolute atomic E-state index is 0.0464. The van der Waals surface area contributed by atoms with Crippen molar-refractivity contribution >= 4 is 11.9 Å². The quantitative estimate of drug-likeness (QED) is 0.345. The molecule has 3 atom stereocenters. The van der Waals surface area contributed by atoms with Gasteiger partial charge in [-0.15, -0.1) is 0 Å². The second-order valence-electron chi connectivity index (χ2n) is 11.9. The number of rotatable bonds is 8. The zero-order valence-electron chi connectivity index (χ0n) is 25.3. The van der Waals surface area contributed by atoms with Crippen LogP contribution in [0.1, 0.15) is 66.7 Å². The van der Waals surface area contributed by atoms with Crippen LogP contribution in [0.5, 0.6) is 5.75 Å². The molecule has 7 nitrogen and oxygen atoms in total. The first-order chi connectivity index (χ1) is 20.7. The number of ether oxygens (including phenoxy) is 1. The van der Waals surface area contributed by atoms with E-state index in [0.717, 1.165) is 24.2 Å². The van der Waals surface area contributed by atoms with E-state index in [2.05, 4.69) is 23.6 Å². The number of piperazine rings is 1. The summed E-state index contributed by atoms with van der Waals surface area (Å²) in [5.41, 5.74) is 3.22. The van der Waals surface area contributed by atoms with E-state index in [4.69, 9.17) is 4.74 Å². The van der Waals surface area contributed by atoms with Crippen LogP contribution in [0.3, 0.4) is 0 Å². The summed E-state index contributed by atoms with van der Waals surface area (Å²) < 4.78 is 19.7. The number of likely N-dealkylation sites (tertiary alicyclic amines) is 1. The number of carbonyl (C=O) groups is 2. The molecule has 2 aliphatic rings. The molecule has 0 saturated carbocycles. The fourth-order valence-corrected chi connectivity index (χ4v) is 6.52. The summed E-state index contributed by atoms with van der Waals surface area (Å²) in [7, 11) is 0. The first kappa shape index (κ1) is 30.7. The van der Waals surface area contributed by atoms with E-state index in [0.29, 0.717) is 50.2 Å². The summed E-state index contributed by atoms with van der Waals surface area (Å²) in [5, 5.41) is 10.4. The SMILES string of the molecule is CCOC(=O)C1CCN(C(=O)c2cccc([C@H](c3cccc(O)c3)N3C[C@@H](C)N(Cc4ccccc4F)C[C@@H]3C)c2)CC1. The van der Waals surface area contributed by atoms with Crippen LogP contribution in [0.4, 0.5) is 4.39 Å². The molecular formula is C35H42FN3O4. The molecular weight excluding hydrogens is 545 g/mol. The molecule has 43 heavy (non-hydrogen) atoms. The van der Waals surface area contributed by atoms with Crippen molar-refractivity contribution in [1.29, 1.82) is 0 Å². The molecule has 8 heteroatoms. The van der Waals surface area contributed by atoms with Gasteiger partial charge in [0.05, 0.1) is 18.6 Å². The molecule has 0 aromatic heterocycles. The summed E-state index contributed by atoms with van der Waals surface area (Å²) in [5.74, 6) is -0.379. The van der Waals surface area contributed by atoms with Gasteiger partial charge in [-0.3, -0.25) is 19.4 Å². The highest BCUT2D eigenvalue weighted by Crippen LogP contribution is 2.35. The third-order valence-electron chi connectivity index (χ3n) is 8.86. The third-order valence-corrected chi connectivity index (χ3v) is 8.86. The molecule has 3 aromatic carbocycles. The lowest BCUT2D eigenvalue weighted by molar-refractivity contribution is -0.149. The van der Waals surface area contributed by atoms with E-state index in [1.807, 2.05) is 53.4 Å². The van der Waals surface area contributed by atoms with Crippen molar-refractivity contribution in [3.8, 4) is 5.75 Å². The zero-order chi connectivity index (χ0) is 30.5. The average Bonchev–Trinajstić information content (AvgIpc) is 3.01. The number of esters is 1. The normalized spacial score (nSPS) is 21.0. The fraction of sp³-hybridized carbons (Fsp3) is 0.429. The molecule has 2 aliphatic heterocycles. The molecule has 0 radical (unpaired) electrons. The van der Waals surface area contributed by atoms with Crippen LogP contribution in [-0.4, -0.2) is 76.6 Å². The van der Waals surface area contributed by atoms with Gasteiger partial charge in [-0.25, -0.2) is 4.39 Å². The molecule has 3 aromatic rings. The van der Waals surface area contributed by atoms with Crippen molar-refractivity contribution < 1.29 is 23.8 Å². The smallest absolute Gasteiger partial charge is 0.309 e. The lowest BCUT2D eigenvalue weighted by Gasteiger charge is -2.47. The van der Waals surface area contributed by atoms with Gasteiger partial charge in [-0.1, -0.05) is 42.5 Å². The topological polar surface area (TPSA) is 73.3 Å². The second kappa shape index (κ2) is 13.7. The van der Waals surface area contributed by atoms with Crippen LogP contribution in [0.15, 0.2) is 72.8 Å². The number of amides is 1. The number of phenols is 1. The maximum Gasteiger partial charge on any atom is 0.309 e. The first-order valence-corrected chi connectivity index (χ1v) is 15.3. The largest absolute Gasteiger partial charge is 0.508 e. The van der Waals surface area contributed by atoms with E-state index in [1.54, 1.807) is 25.1 Å². The number of carbonyl (C=O) groups excluding carboxylic acids is 2. The Kier molecular flexibility index (Phi) is 9.78. The monoisotopic (exact) mass is 587 g/mol. The third kappa shape index (κ3) is 7.08. The standard InChI is InChI=1S/C35H42FN3O4/c1-4-43-35(42)26-15-17-37(18-16-26)34(41)29-12-7-10-27(19-29)33(28-11-8-13-31(40)20-28)39-22-24(2)38(21-25(39)3)23-30-9-5-6-14-32(30)36/h5-14,19-20,24-26,33,40H,4,15-18,21-23H2,1-3H3/t24-,25+,33-/m1/s1. The van der Waals surface area contributed by atoms with Gasteiger partial charge >= 0.3 is 5.97 Å². The predicted octanol–water partition coefficient (Wildman–Crippen LogP) is 5.63. The number of phenolic OH excluding ortho intramolecular Hbond substituents is 1. The Hall–Kier alpha value is -3.75. The highest BCUT2D eigenvalue weighted by Gasteiger charge is 2.36. The molecule has 228 valence electrons. The Labute approximate surface area is 253 Å². The van der Waals surface area contributed by atoms with Gasteiger partial charge in [0.25, 0.3) is 5.91 Å². The van der Waals surface area contributed by atoms with Gasteiger partial charge in [0.15, 0.2) is 0 Å². The van der Waals surface area contributed by atoms with Gasteiger partial charge in [0.1, 0.15) is 11.6 Å². The van der Waals surface area contributed by atoms with Gasteiger partial charge in [0.2, 0.25) is 0 Å². The lowest BCUT2D eigenvalue weighted by Crippen LogP contribution is -2.56. The summed E-state index contributed by atoms with van der Waals surface area (Å²) in [6, 6.07) is 22.1. The zero-order valence-corrected chi connectivity index (χ0v) is 25.3. The summed E-state index contributed by atoms with van der Waals surface area (Å²) in [4.78, 5) is 32.4. The van der Waals surface area contributed by atoms with Crippen molar-refractivity contribution in [1.82, 2.24) is 14.7 Å². The molecule has 2 saturated heterocycles. The number of nitrogens with zero attached hydrogens (tertiary/aromatic N) is 3. The maximum absolute atomic E-state index is 14.5. The summed E-state index contributed by atoms with van der Waals surface area (Å²) in [6.45, 7) is 9.57. The molecule has 2 fully saturated rings. The average molecular weight is 588 g/mol. The minimum atomic E-state index is -0.192. The van der Waals surface area contributed by atoms with Gasteiger partial charge in [-0.2, -0.15) is 0 Å². The van der Waals surface area contributed by atoms with E-state index in [-0.39, 0.29) is 47.5 Å². The number of hydrogen-bond donors (Lipinski definition) is 1. The van der Waals surface area contributed by atoms with Crippen LogP contribution >= 0.6 is 0 Å². The maximum atomic E-state index is 14.5. The summed E-state index contributed by atoms with van der Waals surface area (Å²) in [6.07, 6.45) is 1.20. The van der Waals surface area contributed by atoms with Crippen LogP contribution in [0.25, 0.3) is 0 Å². The number of halogens is 1. The minimum Gasteiger partial charge on any atom is -0.508 e. The van der Waals surface area contributed by atoms with E-state index in [1.165, 1.54) is 6.07 Å². The fourth-order valence-electron chi connectivity index (χ4n) is 6.52. The van der Waals surface area contributed by atoms with Crippen LogP contribution in [-0.2, 0) is 16.1 Å². The van der Waals surface area contributed by atoms with Crippen molar-refractivity contribution in [3.63, 3.8) is 0 Å². The molecule has 2 heterocycles. The molecule has 0 aliphatic carbocycles. The number of hydrogen-bond acceptors (Lipinski definition) is 6. The Morgan fingerprint density at radius 2 is 1.63 bits per heavy atom. The Bertz CT molecular complexity index is 1420. The Balaban J connectivity index is 1.38. The molecule has 1 N–H and O–H groups in total. The van der Waals surface area contributed by atoms with Gasteiger partial charge in [0, 0.05) is 55.9 Å². The summed E-state index contributed by atoms with van der Waals surface area (Å²) >= 11 is 0. The molecule has 0 spiro atoms. The van der Waals surface area contributed by atoms with E-state index in [9.17, 15) is 19.1 Å².